The molecule has 0 amide bonds. The number of carbonyl (C=O) groups is 1. The van der Waals surface area contributed by atoms with Crippen molar-refractivity contribution in [3.63, 3.8) is 0 Å². The van der Waals surface area contributed by atoms with Gasteiger partial charge in [-0.15, -0.1) is 0 Å². The maximum Gasteiger partial charge on any atom is 0.328 e. The van der Waals surface area contributed by atoms with Crippen LogP contribution in [0, 0.1) is 5.41 Å². The maximum atomic E-state index is 10.9. The van der Waals surface area contributed by atoms with E-state index in [4.69, 9.17) is 5.11 Å². The minimum Gasteiger partial charge on any atom is -0.478 e. The van der Waals surface area contributed by atoms with Gasteiger partial charge in [0.15, 0.2) is 0 Å². The van der Waals surface area contributed by atoms with Crippen LogP contribution in [0.25, 0.3) is 5.57 Å². The zero-order valence-corrected chi connectivity index (χ0v) is 19.1. The van der Waals surface area contributed by atoms with Crippen molar-refractivity contribution < 1.29 is 9.90 Å². The van der Waals surface area contributed by atoms with Crippen LogP contribution in [0.2, 0.25) is 0 Å². The lowest BCUT2D eigenvalue weighted by Crippen LogP contribution is -2.35. The zero-order valence-electron chi connectivity index (χ0n) is 19.1. The van der Waals surface area contributed by atoms with Gasteiger partial charge >= 0.3 is 5.97 Å². The van der Waals surface area contributed by atoms with Crippen molar-refractivity contribution in [2.45, 2.75) is 85.0 Å². The van der Waals surface area contributed by atoms with E-state index >= 15 is 0 Å². The third-order valence-electron chi connectivity index (χ3n) is 7.09. The summed E-state index contributed by atoms with van der Waals surface area (Å²) in [5.74, 6) is -0.903. The van der Waals surface area contributed by atoms with Gasteiger partial charge in [-0.2, -0.15) is 0 Å². The molecule has 0 aromatic heterocycles. The molecule has 0 heterocycles. The Kier molecular flexibility index (Phi) is 5.45. The highest BCUT2D eigenvalue weighted by Gasteiger charge is 2.39. The van der Waals surface area contributed by atoms with E-state index in [1.54, 1.807) is 0 Å². The van der Waals surface area contributed by atoms with Crippen molar-refractivity contribution >= 4 is 11.5 Å². The van der Waals surface area contributed by atoms with Gasteiger partial charge in [0.1, 0.15) is 0 Å². The molecule has 1 aromatic rings. The molecule has 1 aromatic carbocycles. The molecule has 0 unspecified atom stereocenters. The SMILES string of the molecule is CC(/C=C/C=C1/c2cc3c(cc2CCC1(C)C)C(C)(C)CCC3(C)C)=C\C(=O)O. The molecule has 3 rings (SSSR count). The fourth-order valence-corrected chi connectivity index (χ4v) is 4.92. The van der Waals surface area contributed by atoms with E-state index in [2.05, 4.69) is 59.8 Å². The number of rotatable bonds is 3. The van der Waals surface area contributed by atoms with Gasteiger partial charge in [0.05, 0.1) is 0 Å². The maximum absolute atomic E-state index is 10.9. The van der Waals surface area contributed by atoms with Crippen molar-refractivity contribution in [1.82, 2.24) is 0 Å². The highest BCUT2D eigenvalue weighted by atomic mass is 16.4. The molecule has 0 saturated carbocycles. The lowest BCUT2D eigenvalue weighted by atomic mass is 9.60. The molecule has 2 aliphatic carbocycles. The van der Waals surface area contributed by atoms with Gasteiger partial charge in [-0.3, -0.25) is 0 Å². The average Bonchev–Trinajstić information content (AvgIpc) is 2.59. The van der Waals surface area contributed by atoms with Crippen LogP contribution in [0.3, 0.4) is 0 Å². The summed E-state index contributed by atoms with van der Waals surface area (Å²) in [5, 5.41) is 8.92. The van der Waals surface area contributed by atoms with Gasteiger partial charge in [0.25, 0.3) is 0 Å². The molecular weight excluding hydrogens is 356 g/mol. The number of carboxylic acid groups (broad SMARTS) is 1. The van der Waals surface area contributed by atoms with Gasteiger partial charge in [0.2, 0.25) is 0 Å². The highest BCUT2D eigenvalue weighted by Crippen LogP contribution is 2.51. The summed E-state index contributed by atoms with van der Waals surface area (Å²) in [6.45, 7) is 16.0. The van der Waals surface area contributed by atoms with Crippen LogP contribution in [-0.2, 0) is 22.0 Å². The fraction of sp³-hybridized carbons (Fsp3) is 0.519. The molecule has 29 heavy (non-hydrogen) atoms. The molecule has 0 spiro atoms. The molecule has 156 valence electrons. The summed E-state index contributed by atoms with van der Waals surface area (Å²) in [4.78, 5) is 10.9. The van der Waals surface area contributed by atoms with Gasteiger partial charge in [-0.25, -0.2) is 4.79 Å². The van der Waals surface area contributed by atoms with Gasteiger partial charge < -0.3 is 5.11 Å². The minimum absolute atomic E-state index is 0.102. The lowest BCUT2D eigenvalue weighted by Gasteiger charge is -2.44. The van der Waals surface area contributed by atoms with E-state index in [1.165, 1.54) is 46.7 Å². The Labute approximate surface area is 176 Å². The summed E-state index contributed by atoms with van der Waals surface area (Å²) in [6, 6.07) is 4.97. The molecule has 1 N–H and O–H groups in total. The van der Waals surface area contributed by atoms with Crippen LogP contribution in [0.5, 0.6) is 0 Å². The second-order valence-electron chi connectivity index (χ2n) is 10.9. The summed E-state index contributed by atoms with van der Waals surface area (Å²) < 4.78 is 0. The van der Waals surface area contributed by atoms with E-state index in [0.29, 0.717) is 0 Å². The van der Waals surface area contributed by atoms with Crippen molar-refractivity contribution in [3.05, 3.63) is 64.3 Å². The highest BCUT2D eigenvalue weighted by molar-refractivity contribution is 5.81. The first-order valence-electron chi connectivity index (χ1n) is 10.8. The van der Waals surface area contributed by atoms with Gasteiger partial charge in [-0.1, -0.05) is 71.9 Å². The van der Waals surface area contributed by atoms with E-state index in [1.807, 2.05) is 19.1 Å². The number of aryl methyl sites for hydroxylation is 1. The Morgan fingerprint density at radius 3 is 2.10 bits per heavy atom. The summed E-state index contributed by atoms with van der Waals surface area (Å²) in [6.07, 6.45) is 12.0. The minimum atomic E-state index is -0.903. The Balaban J connectivity index is 2.13. The normalized spacial score (nSPS) is 23.7. The second kappa shape index (κ2) is 7.31. The van der Waals surface area contributed by atoms with Crippen LogP contribution in [0.15, 0.2) is 42.0 Å². The van der Waals surface area contributed by atoms with Crippen molar-refractivity contribution in [1.29, 1.82) is 0 Å². The van der Waals surface area contributed by atoms with Crippen molar-refractivity contribution in [2.24, 2.45) is 5.41 Å². The van der Waals surface area contributed by atoms with E-state index < -0.39 is 5.97 Å². The Morgan fingerprint density at radius 2 is 1.52 bits per heavy atom. The molecule has 2 heteroatoms. The van der Waals surface area contributed by atoms with Crippen molar-refractivity contribution in [2.75, 3.05) is 0 Å². The summed E-state index contributed by atoms with van der Waals surface area (Å²) in [5.41, 5.74) is 8.52. The van der Waals surface area contributed by atoms with Crippen LogP contribution >= 0.6 is 0 Å². The summed E-state index contributed by atoms with van der Waals surface area (Å²) in [7, 11) is 0. The number of aliphatic carboxylic acids is 1. The topological polar surface area (TPSA) is 37.3 Å². The first kappa shape index (κ1) is 21.6. The molecule has 2 aliphatic rings. The van der Waals surface area contributed by atoms with Gasteiger partial charge in [0, 0.05) is 6.08 Å². The summed E-state index contributed by atoms with van der Waals surface area (Å²) >= 11 is 0. The van der Waals surface area contributed by atoms with E-state index in [0.717, 1.165) is 18.4 Å². The predicted molar refractivity (Wildman–Crippen MR) is 122 cm³/mol. The third-order valence-corrected chi connectivity index (χ3v) is 7.09. The van der Waals surface area contributed by atoms with Crippen LogP contribution in [0.4, 0.5) is 0 Å². The predicted octanol–water partition coefficient (Wildman–Crippen LogP) is 6.98. The molecular formula is C27H36O2. The Hall–Kier alpha value is -2.09. The number of carboxylic acids is 1. The third kappa shape index (κ3) is 4.27. The molecule has 0 bridgehead atoms. The first-order chi connectivity index (χ1) is 13.3. The number of fused-ring (bicyclic) bond motifs is 2. The standard InChI is InChI=1S/C27H36O2/c1-18(15-24(28)29)9-8-10-21-20-17-23-22(16-19(20)11-12-25(21,2)3)26(4,5)13-14-27(23,6)7/h8-10,15-17H,11-14H2,1-7H3,(H,28,29)/b9-8+,18-15+,21-10-. The molecule has 2 nitrogen and oxygen atoms in total. The van der Waals surface area contributed by atoms with E-state index in [-0.39, 0.29) is 16.2 Å². The number of hydrogen-bond donors (Lipinski definition) is 1. The number of benzene rings is 1. The fourth-order valence-electron chi connectivity index (χ4n) is 4.92. The van der Waals surface area contributed by atoms with Crippen LogP contribution in [0.1, 0.15) is 90.0 Å². The van der Waals surface area contributed by atoms with Gasteiger partial charge in [-0.05, 0) is 82.3 Å². The molecule has 0 aliphatic heterocycles. The quantitative estimate of drug-likeness (QED) is 0.445. The van der Waals surface area contributed by atoms with Crippen LogP contribution < -0.4 is 0 Å². The number of hydrogen-bond acceptors (Lipinski definition) is 1. The number of allylic oxidation sites excluding steroid dienone is 5. The average molecular weight is 393 g/mol. The molecule has 0 radical (unpaired) electrons. The van der Waals surface area contributed by atoms with Crippen molar-refractivity contribution in [3.8, 4) is 0 Å². The Morgan fingerprint density at radius 1 is 0.931 bits per heavy atom. The molecule has 0 atom stereocenters. The second-order valence-corrected chi connectivity index (χ2v) is 10.9. The monoisotopic (exact) mass is 392 g/mol. The lowest BCUT2D eigenvalue weighted by molar-refractivity contribution is -0.131. The largest absolute Gasteiger partial charge is 0.478 e. The van der Waals surface area contributed by atoms with E-state index in [9.17, 15) is 4.79 Å². The molecule has 0 fully saturated rings. The Bertz CT molecular complexity index is 920. The first-order valence-corrected chi connectivity index (χ1v) is 10.8. The zero-order chi connectivity index (χ0) is 21.6. The molecule has 0 saturated heterocycles. The smallest absolute Gasteiger partial charge is 0.328 e. The van der Waals surface area contributed by atoms with Crippen LogP contribution in [-0.4, -0.2) is 11.1 Å².